The fraction of sp³-hybridized carbons (Fsp3) is 0.381. The van der Waals surface area contributed by atoms with Crippen LogP contribution >= 0.6 is 0 Å². The average Bonchev–Trinajstić information content (AvgIpc) is 2.63. The zero-order valence-electron chi connectivity index (χ0n) is 17.0. The van der Waals surface area contributed by atoms with Gasteiger partial charge in [0, 0.05) is 7.05 Å². The van der Waals surface area contributed by atoms with Crippen molar-refractivity contribution in [2.45, 2.75) is 38.6 Å². The number of aryl methyl sites for hydroxylation is 3. The van der Waals surface area contributed by atoms with Crippen LogP contribution in [0.5, 0.6) is 5.75 Å². The fourth-order valence-electron chi connectivity index (χ4n) is 2.56. The van der Waals surface area contributed by atoms with Crippen molar-refractivity contribution in [3.63, 3.8) is 0 Å². The Morgan fingerprint density at radius 3 is 2.32 bits per heavy atom. The predicted octanol–water partition coefficient (Wildman–Crippen LogP) is 2.82. The Hall–Kier alpha value is -2.38. The molecule has 1 N–H and O–H groups in total. The molecule has 1 amide bonds. The Balaban J connectivity index is 1.87. The number of ether oxygens (including phenoxy) is 1. The fourth-order valence-corrected chi connectivity index (χ4v) is 3.69. The third-order valence-corrected chi connectivity index (χ3v) is 6.30. The van der Waals surface area contributed by atoms with Crippen LogP contribution in [0, 0.1) is 20.8 Å². The van der Waals surface area contributed by atoms with E-state index in [2.05, 4.69) is 5.32 Å². The van der Waals surface area contributed by atoms with Gasteiger partial charge in [-0.1, -0.05) is 23.8 Å². The molecule has 1 atom stereocenters. The molecule has 0 spiro atoms. The molecule has 2 rings (SSSR count). The van der Waals surface area contributed by atoms with E-state index in [1.165, 1.54) is 12.6 Å². The van der Waals surface area contributed by atoms with Gasteiger partial charge in [-0.2, -0.15) is 4.31 Å². The maximum absolute atomic E-state index is 12.6. The van der Waals surface area contributed by atoms with E-state index in [0.29, 0.717) is 6.61 Å². The molecule has 0 radical (unpaired) electrons. The highest BCUT2D eigenvalue weighted by atomic mass is 32.2. The summed E-state index contributed by atoms with van der Waals surface area (Å²) in [7, 11) is -2.32. The highest BCUT2D eigenvalue weighted by molar-refractivity contribution is 7.89. The lowest BCUT2D eigenvalue weighted by Crippen LogP contribution is -2.43. The van der Waals surface area contributed by atoms with Crippen LogP contribution in [0.2, 0.25) is 0 Å². The largest absolute Gasteiger partial charge is 0.491 e. The Bertz CT molecular complexity index is 924. The summed E-state index contributed by atoms with van der Waals surface area (Å²) in [6, 6.07) is 12.1. The Morgan fingerprint density at radius 2 is 1.71 bits per heavy atom. The first-order valence-electron chi connectivity index (χ1n) is 9.12. The topological polar surface area (TPSA) is 75.7 Å². The zero-order valence-corrected chi connectivity index (χ0v) is 17.8. The predicted molar refractivity (Wildman–Crippen MR) is 110 cm³/mol. The van der Waals surface area contributed by atoms with Crippen molar-refractivity contribution in [3.05, 3.63) is 59.2 Å². The molecule has 28 heavy (non-hydrogen) atoms. The van der Waals surface area contributed by atoms with Gasteiger partial charge in [-0.25, -0.2) is 8.42 Å². The molecule has 152 valence electrons. The van der Waals surface area contributed by atoms with E-state index >= 15 is 0 Å². The summed E-state index contributed by atoms with van der Waals surface area (Å²) >= 11 is 0. The molecule has 7 heteroatoms. The minimum absolute atomic E-state index is 0.166. The first kappa shape index (κ1) is 21.9. The Labute approximate surface area is 167 Å². The van der Waals surface area contributed by atoms with Gasteiger partial charge in [0.1, 0.15) is 12.4 Å². The quantitative estimate of drug-likeness (QED) is 0.734. The molecule has 0 aliphatic rings. The third-order valence-electron chi connectivity index (χ3n) is 4.48. The number of rotatable bonds is 8. The molecular weight excluding hydrogens is 376 g/mol. The monoisotopic (exact) mass is 404 g/mol. The molecule has 0 saturated heterocycles. The van der Waals surface area contributed by atoms with E-state index in [1.54, 1.807) is 24.3 Å². The van der Waals surface area contributed by atoms with Crippen LogP contribution in [0.3, 0.4) is 0 Å². The number of likely N-dealkylation sites (N-methyl/N-ethyl adjacent to an activating group) is 1. The van der Waals surface area contributed by atoms with Crippen LogP contribution in [-0.2, 0) is 14.8 Å². The summed E-state index contributed by atoms with van der Waals surface area (Å²) in [6.45, 7) is 7.77. The number of benzene rings is 2. The maximum atomic E-state index is 12.6. The summed E-state index contributed by atoms with van der Waals surface area (Å²) in [5, 5.41) is 2.77. The number of hydrogen-bond donors (Lipinski definition) is 1. The van der Waals surface area contributed by atoms with E-state index in [-0.39, 0.29) is 23.4 Å². The summed E-state index contributed by atoms with van der Waals surface area (Å²) in [5.41, 5.74) is 3.29. The molecule has 2 aromatic carbocycles. The van der Waals surface area contributed by atoms with Crippen LogP contribution in [0.15, 0.2) is 47.4 Å². The molecule has 0 saturated carbocycles. The third kappa shape index (κ3) is 5.81. The molecule has 0 heterocycles. The molecule has 6 nitrogen and oxygen atoms in total. The molecule has 1 unspecified atom stereocenters. The van der Waals surface area contributed by atoms with Gasteiger partial charge < -0.3 is 10.1 Å². The van der Waals surface area contributed by atoms with Crippen molar-refractivity contribution < 1.29 is 17.9 Å². The number of carbonyl (C=O) groups excluding carboxylic acids is 1. The zero-order chi connectivity index (χ0) is 20.9. The highest BCUT2D eigenvalue weighted by Gasteiger charge is 2.23. The van der Waals surface area contributed by atoms with Gasteiger partial charge in [-0.3, -0.25) is 4.79 Å². The lowest BCUT2D eigenvalue weighted by Gasteiger charge is -2.19. The molecule has 0 aliphatic carbocycles. The highest BCUT2D eigenvalue weighted by Crippen LogP contribution is 2.17. The van der Waals surface area contributed by atoms with Gasteiger partial charge in [0.05, 0.1) is 17.5 Å². The van der Waals surface area contributed by atoms with Gasteiger partial charge in [-0.15, -0.1) is 0 Å². The van der Waals surface area contributed by atoms with Crippen molar-refractivity contribution in [1.82, 2.24) is 9.62 Å². The van der Waals surface area contributed by atoms with Crippen molar-refractivity contribution in [2.24, 2.45) is 0 Å². The van der Waals surface area contributed by atoms with Gasteiger partial charge in [0.25, 0.3) is 0 Å². The second kappa shape index (κ2) is 9.21. The van der Waals surface area contributed by atoms with E-state index in [0.717, 1.165) is 21.2 Å². The molecule has 0 aliphatic heterocycles. The average molecular weight is 405 g/mol. The standard InChI is InChI=1S/C21H28N2O4S/c1-15-6-10-20(11-7-15)28(25,26)23(5)13-21(24)22-18(4)14-27-19-9-8-16(2)17(3)12-19/h6-12,18H,13-14H2,1-5H3,(H,22,24). The normalized spacial score (nSPS) is 12.6. The maximum Gasteiger partial charge on any atom is 0.243 e. The minimum atomic E-state index is -3.71. The lowest BCUT2D eigenvalue weighted by atomic mass is 10.1. The van der Waals surface area contributed by atoms with Gasteiger partial charge in [-0.05, 0) is 63.1 Å². The van der Waals surface area contributed by atoms with Crippen LogP contribution in [0.25, 0.3) is 0 Å². The first-order chi connectivity index (χ1) is 13.1. The van der Waals surface area contributed by atoms with Crippen molar-refractivity contribution in [2.75, 3.05) is 20.2 Å². The molecule has 0 aromatic heterocycles. The molecule has 0 bridgehead atoms. The van der Waals surface area contributed by atoms with Crippen LogP contribution in [0.4, 0.5) is 0 Å². The number of amides is 1. The first-order valence-corrected chi connectivity index (χ1v) is 10.6. The Morgan fingerprint density at radius 1 is 1.07 bits per heavy atom. The summed E-state index contributed by atoms with van der Waals surface area (Å²) in [4.78, 5) is 12.4. The van der Waals surface area contributed by atoms with Crippen molar-refractivity contribution in [1.29, 1.82) is 0 Å². The van der Waals surface area contributed by atoms with Crippen LogP contribution in [0.1, 0.15) is 23.6 Å². The number of nitrogens with one attached hydrogen (secondary N) is 1. The Kier molecular flexibility index (Phi) is 7.21. The second-order valence-electron chi connectivity index (χ2n) is 7.10. The van der Waals surface area contributed by atoms with Crippen molar-refractivity contribution in [3.8, 4) is 5.75 Å². The van der Waals surface area contributed by atoms with E-state index in [9.17, 15) is 13.2 Å². The summed E-state index contributed by atoms with van der Waals surface area (Å²) in [6.07, 6.45) is 0. The van der Waals surface area contributed by atoms with E-state index in [1.807, 2.05) is 45.9 Å². The summed E-state index contributed by atoms with van der Waals surface area (Å²) < 4.78 is 31.9. The van der Waals surface area contributed by atoms with Crippen LogP contribution < -0.4 is 10.1 Å². The number of carbonyl (C=O) groups is 1. The van der Waals surface area contributed by atoms with E-state index < -0.39 is 10.0 Å². The second-order valence-corrected chi connectivity index (χ2v) is 9.14. The smallest absolute Gasteiger partial charge is 0.243 e. The lowest BCUT2D eigenvalue weighted by molar-refractivity contribution is -0.121. The van der Waals surface area contributed by atoms with Crippen LogP contribution in [-0.4, -0.2) is 44.9 Å². The minimum Gasteiger partial charge on any atom is -0.491 e. The van der Waals surface area contributed by atoms with Gasteiger partial charge in [0.2, 0.25) is 15.9 Å². The van der Waals surface area contributed by atoms with Gasteiger partial charge in [0.15, 0.2) is 0 Å². The number of hydrogen-bond acceptors (Lipinski definition) is 4. The molecule has 2 aromatic rings. The molecule has 0 fully saturated rings. The number of sulfonamides is 1. The SMILES string of the molecule is Cc1ccc(S(=O)(=O)N(C)CC(=O)NC(C)COc2ccc(C)c(C)c2)cc1. The van der Waals surface area contributed by atoms with Gasteiger partial charge >= 0.3 is 0 Å². The van der Waals surface area contributed by atoms with E-state index in [4.69, 9.17) is 4.74 Å². The molecular formula is C21H28N2O4S. The summed E-state index contributed by atoms with van der Waals surface area (Å²) in [5.74, 6) is 0.359. The van der Waals surface area contributed by atoms with Crippen molar-refractivity contribution >= 4 is 15.9 Å². The number of nitrogens with zero attached hydrogens (tertiary/aromatic N) is 1.